The number of thioether (sulfide) groups is 1. The van der Waals surface area contributed by atoms with Crippen molar-refractivity contribution >= 4 is 29.1 Å². The predicted molar refractivity (Wildman–Crippen MR) is 120 cm³/mol. The van der Waals surface area contributed by atoms with E-state index >= 15 is 0 Å². The van der Waals surface area contributed by atoms with Crippen molar-refractivity contribution in [3.63, 3.8) is 0 Å². The first-order valence-electron chi connectivity index (χ1n) is 9.53. The highest BCUT2D eigenvalue weighted by atomic mass is 32.2. The number of methoxy groups -OCH3 is 1. The zero-order valence-electron chi connectivity index (χ0n) is 16.6. The molecule has 0 aliphatic carbocycles. The standard InChI is InChI=1S/C21H29N5OS/c1-27-18-7-5-6-17(16-18)25-12-14-26(15-13-25)21(23-11-10-22)24-19-8-3-4-9-20(19)28-2/h3-9,16H,10-15,22H2,1-2H3,(H,23,24). The average molecular weight is 400 g/mol. The Morgan fingerprint density at radius 1 is 1.14 bits per heavy atom. The number of benzene rings is 2. The Bertz CT molecular complexity index is 790. The van der Waals surface area contributed by atoms with Crippen molar-refractivity contribution in [3.05, 3.63) is 48.5 Å². The van der Waals surface area contributed by atoms with Gasteiger partial charge in [-0.3, -0.25) is 4.99 Å². The second-order valence-electron chi connectivity index (χ2n) is 6.49. The molecule has 1 saturated heterocycles. The van der Waals surface area contributed by atoms with E-state index in [4.69, 9.17) is 15.5 Å². The molecule has 2 aromatic rings. The molecule has 0 saturated carbocycles. The van der Waals surface area contributed by atoms with Crippen molar-refractivity contribution in [2.24, 2.45) is 10.7 Å². The first kappa shape index (κ1) is 20.4. The molecule has 1 aliphatic heterocycles. The van der Waals surface area contributed by atoms with Crippen LogP contribution in [0.3, 0.4) is 0 Å². The second-order valence-corrected chi connectivity index (χ2v) is 7.34. The molecular weight excluding hydrogens is 370 g/mol. The second kappa shape index (κ2) is 10.2. The molecule has 3 rings (SSSR count). The summed E-state index contributed by atoms with van der Waals surface area (Å²) < 4.78 is 5.36. The minimum atomic E-state index is 0.541. The van der Waals surface area contributed by atoms with Crippen molar-refractivity contribution in [1.82, 2.24) is 4.90 Å². The fourth-order valence-electron chi connectivity index (χ4n) is 3.24. The van der Waals surface area contributed by atoms with Gasteiger partial charge in [-0.2, -0.15) is 0 Å². The number of aliphatic imine (C=N–C) groups is 1. The number of para-hydroxylation sites is 1. The number of rotatable bonds is 6. The van der Waals surface area contributed by atoms with Gasteiger partial charge in [-0.1, -0.05) is 18.2 Å². The molecule has 150 valence electrons. The SMILES string of the molecule is COc1cccc(N2CCN(C(=NCCN)Nc3ccccc3SC)CC2)c1. The largest absolute Gasteiger partial charge is 0.497 e. The predicted octanol–water partition coefficient (Wildman–Crippen LogP) is 2.97. The highest BCUT2D eigenvalue weighted by molar-refractivity contribution is 7.98. The number of nitrogens with two attached hydrogens (primary N) is 1. The lowest BCUT2D eigenvalue weighted by atomic mass is 10.2. The normalized spacial score (nSPS) is 14.9. The molecule has 2 aromatic carbocycles. The number of hydrogen-bond donors (Lipinski definition) is 2. The Hall–Kier alpha value is -2.38. The lowest BCUT2D eigenvalue weighted by Gasteiger charge is -2.38. The zero-order chi connectivity index (χ0) is 19.8. The molecule has 0 amide bonds. The van der Waals surface area contributed by atoms with Crippen LogP contribution in [0.5, 0.6) is 5.75 Å². The molecule has 0 aromatic heterocycles. The first-order chi connectivity index (χ1) is 13.7. The Labute approximate surface area is 171 Å². The summed E-state index contributed by atoms with van der Waals surface area (Å²) in [6, 6.07) is 16.6. The van der Waals surface area contributed by atoms with E-state index in [0.717, 1.165) is 43.6 Å². The summed E-state index contributed by atoms with van der Waals surface area (Å²) in [7, 11) is 1.70. The molecule has 0 atom stereocenters. The molecule has 0 unspecified atom stereocenters. The van der Waals surface area contributed by atoms with Gasteiger partial charge in [-0.25, -0.2) is 0 Å². The van der Waals surface area contributed by atoms with Gasteiger partial charge in [0.05, 0.1) is 19.3 Å². The molecule has 0 spiro atoms. The first-order valence-corrected chi connectivity index (χ1v) is 10.8. The van der Waals surface area contributed by atoms with Gasteiger partial charge in [0.1, 0.15) is 5.75 Å². The molecule has 0 bridgehead atoms. The van der Waals surface area contributed by atoms with E-state index in [1.165, 1.54) is 10.6 Å². The van der Waals surface area contributed by atoms with E-state index in [1.807, 2.05) is 18.2 Å². The number of ether oxygens (including phenoxy) is 1. The van der Waals surface area contributed by atoms with Crippen LogP contribution >= 0.6 is 11.8 Å². The maximum Gasteiger partial charge on any atom is 0.198 e. The van der Waals surface area contributed by atoms with E-state index in [0.29, 0.717) is 13.1 Å². The van der Waals surface area contributed by atoms with Crippen molar-refractivity contribution in [2.45, 2.75) is 4.90 Å². The van der Waals surface area contributed by atoms with Crippen LogP contribution in [0, 0.1) is 0 Å². The van der Waals surface area contributed by atoms with Crippen molar-refractivity contribution < 1.29 is 4.74 Å². The fraction of sp³-hybridized carbons (Fsp3) is 0.381. The molecular formula is C21H29N5OS. The molecule has 7 heteroatoms. The molecule has 1 heterocycles. The van der Waals surface area contributed by atoms with Crippen LogP contribution in [0.25, 0.3) is 0 Å². The van der Waals surface area contributed by atoms with Crippen LogP contribution in [-0.2, 0) is 0 Å². The van der Waals surface area contributed by atoms with E-state index < -0.39 is 0 Å². The summed E-state index contributed by atoms with van der Waals surface area (Å²) in [6.45, 7) is 4.81. The molecule has 3 N–H and O–H groups in total. The Morgan fingerprint density at radius 2 is 1.93 bits per heavy atom. The van der Waals surface area contributed by atoms with Crippen LogP contribution in [0.4, 0.5) is 11.4 Å². The number of guanidine groups is 1. The van der Waals surface area contributed by atoms with E-state index in [9.17, 15) is 0 Å². The summed E-state index contributed by atoms with van der Waals surface area (Å²) in [5.41, 5.74) is 7.98. The van der Waals surface area contributed by atoms with E-state index in [1.54, 1.807) is 18.9 Å². The van der Waals surface area contributed by atoms with Gasteiger partial charge in [-0.05, 0) is 30.5 Å². The Kier molecular flexibility index (Phi) is 7.45. The lowest BCUT2D eigenvalue weighted by molar-refractivity contribution is 0.383. The summed E-state index contributed by atoms with van der Waals surface area (Å²) in [5.74, 6) is 1.79. The number of anilines is 2. The smallest absolute Gasteiger partial charge is 0.198 e. The summed E-state index contributed by atoms with van der Waals surface area (Å²) in [5, 5.41) is 3.54. The summed E-state index contributed by atoms with van der Waals surface area (Å²) in [6.07, 6.45) is 2.09. The fourth-order valence-corrected chi connectivity index (χ4v) is 3.79. The number of piperazine rings is 1. The zero-order valence-corrected chi connectivity index (χ0v) is 17.4. The van der Waals surface area contributed by atoms with E-state index in [-0.39, 0.29) is 0 Å². The molecule has 28 heavy (non-hydrogen) atoms. The monoisotopic (exact) mass is 399 g/mol. The highest BCUT2D eigenvalue weighted by Crippen LogP contribution is 2.26. The average Bonchev–Trinajstić information content (AvgIpc) is 2.77. The van der Waals surface area contributed by atoms with Gasteiger partial charge >= 0.3 is 0 Å². The van der Waals surface area contributed by atoms with Crippen LogP contribution < -0.4 is 20.7 Å². The van der Waals surface area contributed by atoms with Gasteiger partial charge in [0, 0.05) is 49.4 Å². The number of hydrogen-bond acceptors (Lipinski definition) is 5. The minimum absolute atomic E-state index is 0.541. The van der Waals surface area contributed by atoms with Gasteiger partial charge in [0.25, 0.3) is 0 Å². The third-order valence-electron chi connectivity index (χ3n) is 4.74. The Morgan fingerprint density at radius 3 is 2.64 bits per heavy atom. The quantitative estimate of drug-likeness (QED) is 0.442. The summed E-state index contributed by atoms with van der Waals surface area (Å²) in [4.78, 5) is 10.6. The molecule has 6 nitrogen and oxygen atoms in total. The maximum absolute atomic E-state index is 5.70. The third-order valence-corrected chi connectivity index (χ3v) is 5.54. The van der Waals surface area contributed by atoms with Crippen LogP contribution in [-0.4, -0.2) is 63.5 Å². The maximum atomic E-state index is 5.70. The lowest BCUT2D eigenvalue weighted by Crippen LogP contribution is -2.51. The Balaban J connectivity index is 1.69. The van der Waals surface area contributed by atoms with Gasteiger partial charge in [0.15, 0.2) is 5.96 Å². The van der Waals surface area contributed by atoms with Gasteiger partial charge in [-0.15, -0.1) is 11.8 Å². The van der Waals surface area contributed by atoms with Crippen LogP contribution in [0.15, 0.2) is 58.4 Å². The van der Waals surface area contributed by atoms with Gasteiger partial charge < -0.3 is 25.6 Å². The van der Waals surface area contributed by atoms with Crippen LogP contribution in [0.1, 0.15) is 0 Å². The van der Waals surface area contributed by atoms with Crippen LogP contribution in [0.2, 0.25) is 0 Å². The third kappa shape index (κ3) is 5.11. The molecule has 1 fully saturated rings. The van der Waals surface area contributed by atoms with Crippen molar-refractivity contribution in [3.8, 4) is 5.75 Å². The number of nitrogens with zero attached hydrogens (tertiary/aromatic N) is 3. The highest BCUT2D eigenvalue weighted by Gasteiger charge is 2.21. The summed E-state index contributed by atoms with van der Waals surface area (Å²) >= 11 is 1.73. The van der Waals surface area contributed by atoms with Crippen molar-refractivity contribution in [1.29, 1.82) is 0 Å². The topological polar surface area (TPSA) is 66.1 Å². The minimum Gasteiger partial charge on any atom is -0.497 e. The number of nitrogens with one attached hydrogen (secondary N) is 1. The van der Waals surface area contributed by atoms with E-state index in [2.05, 4.69) is 51.7 Å². The van der Waals surface area contributed by atoms with Crippen molar-refractivity contribution in [2.75, 3.05) is 62.9 Å². The van der Waals surface area contributed by atoms with Gasteiger partial charge in [0.2, 0.25) is 0 Å². The molecule has 0 radical (unpaired) electrons. The molecule has 1 aliphatic rings.